The second kappa shape index (κ2) is 8.09. The molecule has 2 aliphatic carbocycles. The number of benzene rings is 1. The van der Waals surface area contributed by atoms with E-state index < -0.39 is 0 Å². The first-order valence-corrected chi connectivity index (χ1v) is 12.9. The molecule has 3 heterocycles. The molecule has 4 unspecified atom stereocenters. The summed E-state index contributed by atoms with van der Waals surface area (Å²) in [5.41, 5.74) is 1.53. The molecule has 4 fully saturated rings. The monoisotopic (exact) mass is 433 g/mol. The van der Waals surface area contributed by atoms with Crippen LogP contribution < -0.4 is 5.56 Å². The van der Waals surface area contributed by atoms with Crippen molar-refractivity contribution in [1.82, 2.24) is 14.5 Å². The first-order valence-electron chi connectivity index (χ1n) is 12.9. The van der Waals surface area contributed by atoms with Crippen LogP contribution in [0.25, 0.3) is 11.0 Å². The summed E-state index contributed by atoms with van der Waals surface area (Å²) in [6.07, 6.45) is 14.4. The quantitative estimate of drug-likeness (QED) is 0.630. The Kier molecular flexibility index (Phi) is 5.20. The molecule has 2 saturated heterocycles. The third kappa shape index (κ3) is 3.44. The molecule has 1 aromatic heterocycles. The lowest BCUT2D eigenvalue weighted by Crippen LogP contribution is -2.58. The predicted octanol–water partition coefficient (Wildman–Crippen LogP) is 5.13. The van der Waals surface area contributed by atoms with Crippen LogP contribution in [-0.2, 0) is 0 Å². The van der Waals surface area contributed by atoms with Gasteiger partial charge in [0.1, 0.15) is 0 Å². The first kappa shape index (κ1) is 20.6. The van der Waals surface area contributed by atoms with E-state index in [-0.39, 0.29) is 23.1 Å². The van der Waals surface area contributed by atoms with Gasteiger partial charge in [0.2, 0.25) is 0 Å². The molecule has 5 heteroatoms. The summed E-state index contributed by atoms with van der Waals surface area (Å²) < 4.78 is 1.94. The summed E-state index contributed by atoms with van der Waals surface area (Å²) in [4.78, 5) is 33.0. The predicted molar refractivity (Wildman–Crippen MR) is 126 cm³/mol. The van der Waals surface area contributed by atoms with Gasteiger partial charge in [0.25, 0.3) is 5.56 Å². The van der Waals surface area contributed by atoms with Gasteiger partial charge >= 0.3 is 0 Å². The summed E-state index contributed by atoms with van der Waals surface area (Å²) in [5.74, 6) is 1.65. The molecule has 1 aromatic carbocycles. The molecule has 170 valence electrons. The van der Waals surface area contributed by atoms with E-state index in [0.717, 1.165) is 41.8 Å². The minimum atomic E-state index is -0.235. The number of nitrogens with zero attached hydrogens (tertiary/aromatic N) is 3. The maximum Gasteiger partial charge on any atom is 0.280 e. The minimum absolute atomic E-state index is 0.0939. The van der Waals surface area contributed by atoms with Crippen LogP contribution in [0.2, 0.25) is 0 Å². The van der Waals surface area contributed by atoms with Gasteiger partial charge in [-0.15, -0.1) is 0 Å². The van der Waals surface area contributed by atoms with Crippen molar-refractivity contribution >= 4 is 16.8 Å². The Bertz CT molecular complexity index is 1070. The van der Waals surface area contributed by atoms with Gasteiger partial charge in [0.05, 0.1) is 11.0 Å². The number of carbonyl (C=O) groups is 1. The number of piperidine rings is 2. The van der Waals surface area contributed by atoms with Crippen LogP contribution in [-0.4, -0.2) is 38.4 Å². The van der Waals surface area contributed by atoms with E-state index in [1.165, 1.54) is 64.7 Å². The van der Waals surface area contributed by atoms with E-state index in [4.69, 9.17) is 0 Å². The molecule has 0 radical (unpaired) electrons. The van der Waals surface area contributed by atoms with Crippen LogP contribution in [0.5, 0.6) is 0 Å². The summed E-state index contributed by atoms with van der Waals surface area (Å²) in [6.45, 7) is 1.46. The Morgan fingerprint density at radius 2 is 1.50 bits per heavy atom. The minimum Gasteiger partial charge on any atom is -0.302 e. The molecule has 0 N–H and O–H groups in total. The highest BCUT2D eigenvalue weighted by Crippen LogP contribution is 2.47. The largest absolute Gasteiger partial charge is 0.302 e. The molecule has 2 aromatic rings. The fourth-order valence-electron chi connectivity index (χ4n) is 7.88. The van der Waals surface area contributed by atoms with Crippen LogP contribution >= 0.6 is 0 Å². The molecule has 32 heavy (non-hydrogen) atoms. The van der Waals surface area contributed by atoms with Gasteiger partial charge in [-0.3, -0.25) is 14.5 Å². The van der Waals surface area contributed by atoms with Crippen molar-refractivity contribution in [2.75, 3.05) is 0 Å². The Hall–Kier alpha value is -2.01. The highest BCUT2D eigenvalue weighted by atomic mass is 16.1. The maximum absolute atomic E-state index is 13.4. The molecule has 5 nitrogen and oxygen atoms in total. The second-order valence-electron chi connectivity index (χ2n) is 11.0. The number of ketones is 1. The number of aromatic nitrogens is 2. The molecule has 4 aliphatic rings. The lowest BCUT2D eigenvalue weighted by Gasteiger charge is -2.55. The number of hydrogen-bond donors (Lipinski definition) is 0. The average molecular weight is 434 g/mol. The Morgan fingerprint density at radius 1 is 0.844 bits per heavy atom. The van der Waals surface area contributed by atoms with Crippen LogP contribution in [0.1, 0.15) is 94.1 Å². The molecule has 2 saturated carbocycles. The summed E-state index contributed by atoms with van der Waals surface area (Å²) in [6, 6.07) is 9.87. The van der Waals surface area contributed by atoms with Crippen molar-refractivity contribution in [3.8, 4) is 0 Å². The molecular formula is C27H35N3O2. The number of hydrogen-bond acceptors (Lipinski definition) is 4. The van der Waals surface area contributed by atoms with Gasteiger partial charge in [-0.05, 0) is 68.9 Å². The fraction of sp³-hybridized carbons (Fsp3) is 0.667. The van der Waals surface area contributed by atoms with Crippen molar-refractivity contribution in [3.63, 3.8) is 0 Å². The maximum atomic E-state index is 13.4. The number of Topliss-reactive ketones (excluding diaryl/α,β-unsaturated/α-hetero) is 1. The first-order chi connectivity index (χ1) is 15.6. The normalized spacial score (nSPS) is 35.0. The highest BCUT2D eigenvalue weighted by Gasteiger charge is 2.45. The topological polar surface area (TPSA) is 55.2 Å². The summed E-state index contributed by atoms with van der Waals surface area (Å²) >= 11 is 0. The Morgan fingerprint density at radius 3 is 2.19 bits per heavy atom. The lowest BCUT2D eigenvalue weighted by molar-refractivity contribution is -0.0486. The van der Waals surface area contributed by atoms with Gasteiger partial charge in [0, 0.05) is 31.1 Å². The van der Waals surface area contributed by atoms with Gasteiger partial charge < -0.3 is 4.57 Å². The van der Waals surface area contributed by atoms with E-state index in [2.05, 4.69) is 9.88 Å². The third-order valence-corrected chi connectivity index (χ3v) is 9.02. The zero-order valence-corrected chi connectivity index (χ0v) is 19.2. The smallest absolute Gasteiger partial charge is 0.280 e. The molecule has 0 spiro atoms. The van der Waals surface area contributed by atoms with Gasteiger partial charge in [-0.2, -0.15) is 0 Å². The van der Waals surface area contributed by atoms with Crippen LogP contribution in [0.3, 0.4) is 0 Å². The van der Waals surface area contributed by atoms with E-state index in [1.54, 1.807) is 0 Å². The molecule has 4 bridgehead atoms. The zero-order valence-electron chi connectivity index (χ0n) is 19.2. The van der Waals surface area contributed by atoms with E-state index in [1.807, 2.05) is 28.8 Å². The third-order valence-electron chi connectivity index (χ3n) is 9.02. The summed E-state index contributed by atoms with van der Waals surface area (Å²) in [7, 11) is 0. The molecule has 6 rings (SSSR count). The molecule has 2 aliphatic heterocycles. The van der Waals surface area contributed by atoms with E-state index >= 15 is 0 Å². The van der Waals surface area contributed by atoms with Crippen molar-refractivity contribution in [2.24, 2.45) is 11.8 Å². The van der Waals surface area contributed by atoms with Crippen LogP contribution in [0.4, 0.5) is 0 Å². The lowest BCUT2D eigenvalue weighted by atomic mass is 9.68. The van der Waals surface area contributed by atoms with Crippen molar-refractivity contribution in [3.05, 3.63) is 40.3 Å². The summed E-state index contributed by atoms with van der Waals surface area (Å²) in [5, 5.41) is 0. The molecule has 4 atom stereocenters. The SMILES string of the molecule is CC(=O)c1nc2ccccc2n(C2CC3CCCC(C2)N3C2CC3CCCC(C3)C2)c1=O. The van der Waals surface area contributed by atoms with Gasteiger partial charge in [0.15, 0.2) is 11.5 Å². The van der Waals surface area contributed by atoms with Gasteiger partial charge in [-0.1, -0.05) is 37.8 Å². The second-order valence-corrected chi connectivity index (χ2v) is 11.0. The van der Waals surface area contributed by atoms with Crippen LogP contribution in [0, 0.1) is 11.8 Å². The average Bonchev–Trinajstić information content (AvgIpc) is 2.77. The number of carbonyl (C=O) groups excluding carboxylic acids is 1. The Balaban J connectivity index is 1.35. The molecular weight excluding hydrogens is 398 g/mol. The fourth-order valence-corrected chi connectivity index (χ4v) is 7.88. The van der Waals surface area contributed by atoms with E-state index in [9.17, 15) is 9.59 Å². The van der Waals surface area contributed by atoms with Crippen molar-refractivity contribution in [2.45, 2.75) is 102 Å². The highest BCUT2D eigenvalue weighted by molar-refractivity contribution is 5.93. The molecule has 0 amide bonds. The Labute approximate surface area is 190 Å². The van der Waals surface area contributed by atoms with Crippen molar-refractivity contribution in [1.29, 1.82) is 0 Å². The van der Waals surface area contributed by atoms with Crippen molar-refractivity contribution < 1.29 is 4.79 Å². The van der Waals surface area contributed by atoms with Gasteiger partial charge in [-0.25, -0.2) is 4.98 Å². The number of para-hydroxylation sites is 2. The standard InChI is InChI=1S/C27H35N3O2/c1-17(31)26-27(32)30(25-11-3-2-10-24(25)28-26)23-15-20-8-5-9-21(16-23)29(20)22-13-18-6-4-7-19(12-18)14-22/h2-3,10-11,18-23H,4-9,12-16H2,1H3. The van der Waals surface area contributed by atoms with E-state index in [0.29, 0.717) is 12.1 Å². The number of rotatable bonds is 3. The van der Waals surface area contributed by atoms with Crippen LogP contribution in [0.15, 0.2) is 29.1 Å². The zero-order chi connectivity index (χ0) is 21.8. The number of fused-ring (bicyclic) bond motifs is 5.